The van der Waals surface area contributed by atoms with E-state index in [0.717, 1.165) is 23.2 Å². The minimum atomic E-state index is -0.953. The predicted octanol–water partition coefficient (Wildman–Crippen LogP) is 7.84. The quantitative estimate of drug-likeness (QED) is 0.0578. The monoisotopic (exact) mass is 965 g/mol. The normalized spacial score (nSPS) is 20.9. The van der Waals surface area contributed by atoms with Crippen molar-refractivity contribution >= 4 is 52.3 Å². The molecule has 0 unspecified atom stereocenters. The fraction of sp³-hybridized carbons (Fsp3) is 0.500. The topological polar surface area (TPSA) is 195 Å². The smallest absolute Gasteiger partial charge is 0.251 e. The Bertz CT molecular complexity index is 2480. The van der Waals surface area contributed by atoms with Gasteiger partial charge in [-0.2, -0.15) is 5.26 Å². The first kappa shape index (κ1) is 50.3. The number of β-amino-alcohol motifs (C(OH)–C–C–N with tert-alkyl or cyclic N) is 1. The van der Waals surface area contributed by atoms with Crippen molar-refractivity contribution in [1.29, 1.82) is 5.26 Å². The molecule has 0 bridgehead atoms. The first-order valence-electron chi connectivity index (χ1n) is 23.4. The summed E-state index contributed by atoms with van der Waals surface area (Å²) in [6, 6.07) is 20.5. The van der Waals surface area contributed by atoms with Crippen LogP contribution < -0.4 is 26.0 Å². The molecule has 3 aromatic carbocycles. The highest BCUT2D eigenvalue weighted by Gasteiger charge is 2.64. The standard InChI is InChI=1S/C52H64ClN7O7S/c1-50(2,3)44(47(65)60-28-37(61)24-40(60)46(64)56-27-31-10-12-33(13-11-31)43-42(32-14-15-32)57-30-68-43)58-41(62)29-66-23-9-8-22-55-36-19-16-34(17-20-36)45(63)59-48-51(4,5)49(52(48,6)7)67-38-21-18-35(26-54)39(53)25-38/h10-13,16-21,25,30,32,37,40,44,48-49,55,61H,8-9,14-15,22-24,27-29H2,1-7H3,(H,56,64)(H,58,62)(H,59,63)/t37-,40+,44-,48?,49?/m1/s1. The van der Waals surface area contributed by atoms with Gasteiger partial charge in [0.25, 0.3) is 5.91 Å². The van der Waals surface area contributed by atoms with E-state index in [1.807, 2.05) is 62.7 Å². The number of carbonyl (C=O) groups is 4. The molecule has 2 saturated carbocycles. The number of ether oxygens (including phenoxy) is 2. The molecular weight excluding hydrogens is 902 g/mol. The fourth-order valence-corrected chi connectivity index (χ4v) is 10.9. The number of hydrogen-bond donors (Lipinski definition) is 5. The van der Waals surface area contributed by atoms with Crippen LogP contribution in [0.1, 0.15) is 114 Å². The van der Waals surface area contributed by atoms with Gasteiger partial charge in [0.2, 0.25) is 17.7 Å². The number of aromatic nitrogens is 1. The van der Waals surface area contributed by atoms with Gasteiger partial charge in [-0.1, -0.05) is 84.3 Å². The van der Waals surface area contributed by atoms with Crippen LogP contribution in [0.2, 0.25) is 5.02 Å². The van der Waals surface area contributed by atoms with E-state index in [-0.39, 0.29) is 60.9 Å². The van der Waals surface area contributed by atoms with Gasteiger partial charge in [0, 0.05) is 72.8 Å². The first-order chi connectivity index (χ1) is 32.3. The molecule has 3 aliphatic rings. The molecule has 2 heterocycles. The number of amides is 4. The summed E-state index contributed by atoms with van der Waals surface area (Å²) in [5, 5.41) is 32.5. The molecule has 2 aliphatic carbocycles. The van der Waals surface area contributed by atoms with Gasteiger partial charge in [0.1, 0.15) is 36.6 Å². The minimum Gasteiger partial charge on any atom is -0.489 e. The number of benzene rings is 3. The van der Waals surface area contributed by atoms with E-state index in [2.05, 4.69) is 60.0 Å². The van der Waals surface area contributed by atoms with Crippen molar-refractivity contribution < 1.29 is 33.8 Å². The maximum Gasteiger partial charge on any atom is 0.251 e. The molecule has 14 nitrogen and oxygen atoms in total. The summed E-state index contributed by atoms with van der Waals surface area (Å²) in [5.74, 6) is -0.280. The van der Waals surface area contributed by atoms with Crippen LogP contribution in [0, 0.1) is 27.6 Å². The summed E-state index contributed by atoms with van der Waals surface area (Å²) in [7, 11) is 0. The zero-order chi connectivity index (χ0) is 49.0. The average Bonchev–Trinajstić information content (AvgIpc) is 3.89. The minimum absolute atomic E-state index is 0.00916. The van der Waals surface area contributed by atoms with Gasteiger partial charge in [-0.15, -0.1) is 11.3 Å². The van der Waals surface area contributed by atoms with Crippen molar-refractivity contribution in [3.8, 4) is 22.3 Å². The number of hydrogen-bond acceptors (Lipinski definition) is 11. The molecule has 4 amide bonds. The van der Waals surface area contributed by atoms with Gasteiger partial charge < -0.3 is 40.7 Å². The van der Waals surface area contributed by atoms with E-state index < -0.39 is 35.4 Å². The van der Waals surface area contributed by atoms with Crippen molar-refractivity contribution in [1.82, 2.24) is 25.8 Å². The maximum atomic E-state index is 14.0. The lowest BCUT2D eigenvalue weighted by Crippen LogP contribution is -2.74. The van der Waals surface area contributed by atoms with Crippen molar-refractivity contribution in [2.75, 3.05) is 31.6 Å². The Morgan fingerprint density at radius 1 is 1.00 bits per heavy atom. The third-order valence-electron chi connectivity index (χ3n) is 13.4. The van der Waals surface area contributed by atoms with Crippen LogP contribution in [0.3, 0.4) is 0 Å². The Labute approximate surface area is 408 Å². The lowest BCUT2D eigenvalue weighted by atomic mass is 9.49. The number of likely N-dealkylation sites (tertiary alicyclic amines) is 1. The zero-order valence-corrected chi connectivity index (χ0v) is 41.6. The molecule has 1 aromatic heterocycles. The molecule has 5 N–H and O–H groups in total. The average molecular weight is 967 g/mol. The van der Waals surface area contributed by atoms with Crippen molar-refractivity contribution in [2.24, 2.45) is 16.2 Å². The number of nitriles is 1. The van der Waals surface area contributed by atoms with E-state index in [1.54, 1.807) is 41.7 Å². The highest BCUT2D eigenvalue weighted by Crippen LogP contribution is 2.55. The SMILES string of the molecule is CC1(C)C(NC(=O)c2ccc(NCCCCOCC(=O)N[C@H](C(=O)N3C[C@H](O)C[C@H]3C(=O)NCc3ccc(-c4scnc4C4CC4)cc3)C(C)(C)C)cc2)C(C)(C)C1Oc1ccc(C#N)c(Cl)c1. The maximum absolute atomic E-state index is 14.0. The molecular formula is C52H64ClN7O7S. The van der Waals surface area contributed by atoms with Gasteiger partial charge in [-0.05, 0) is 78.6 Å². The second kappa shape index (κ2) is 21.0. The molecule has 0 spiro atoms. The molecule has 16 heteroatoms. The summed E-state index contributed by atoms with van der Waals surface area (Å²) in [4.78, 5) is 61.2. The van der Waals surface area contributed by atoms with Crippen molar-refractivity contribution in [3.63, 3.8) is 0 Å². The van der Waals surface area contributed by atoms with E-state index in [9.17, 15) is 29.5 Å². The van der Waals surface area contributed by atoms with Gasteiger partial charge in [0.05, 0.1) is 32.8 Å². The number of nitrogens with zero attached hydrogens (tertiary/aromatic N) is 3. The number of unbranched alkanes of at least 4 members (excludes halogenated alkanes) is 1. The molecule has 4 aromatic rings. The summed E-state index contributed by atoms with van der Waals surface area (Å²) in [6.07, 6.45) is 2.83. The van der Waals surface area contributed by atoms with E-state index in [1.165, 1.54) is 28.3 Å². The van der Waals surface area contributed by atoms with Crippen LogP contribution in [-0.4, -0.2) is 95.3 Å². The van der Waals surface area contributed by atoms with Crippen molar-refractivity contribution in [3.05, 3.63) is 99.6 Å². The number of thiazole rings is 1. The summed E-state index contributed by atoms with van der Waals surface area (Å²) < 4.78 is 12.0. The second-order valence-corrected chi connectivity index (χ2v) is 21.8. The molecule has 1 aliphatic heterocycles. The third-order valence-corrected chi connectivity index (χ3v) is 14.6. The number of nitrogens with one attached hydrogen (secondary N) is 4. The van der Waals surface area contributed by atoms with E-state index >= 15 is 0 Å². The number of halogens is 1. The Balaban J connectivity index is 0.805. The number of aliphatic hydroxyl groups is 1. The lowest BCUT2D eigenvalue weighted by Gasteiger charge is -2.63. The van der Waals surface area contributed by atoms with Crippen LogP contribution in [-0.2, 0) is 25.7 Å². The molecule has 0 radical (unpaired) electrons. The van der Waals surface area contributed by atoms with Crippen LogP contribution in [0.4, 0.5) is 5.69 Å². The molecule has 3 atom stereocenters. The summed E-state index contributed by atoms with van der Waals surface area (Å²) in [6.45, 7) is 14.8. The molecule has 362 valence electrons. The van der Waals surface area contributed by atoms with E-state index in [4.69, 9.17) is 21.1 Å². The Morgan fingerprint density at radius 2 is 1.71 bits per heavy atom. The summed E-state index contributed by atoms with van der Waals surface area (Å²) >= 11 is 7.88. The number of aliphatic hydroxyl groups excluding tert-OH is 1. The van der Waals surface area contributed by atoms with Crippen LogP contribution in [0.25, 0.3) is 10.4 Å². The van der Waals surface area contributed by atoms with Crippen molar-refractivity contribution in [2.45, 2.75) is 123 Å². The van der Waals surface area contributed by atoms with Gasteiger partial charge in [-0.3, -0.25) is 19.2 Å². The van der Waals surface area contributed by atoms with Gasteiger partial charge >= 0.3 is 0 Å². The fourth-order valence-electron chi connectivity index (χ4n) is 9.80. The lowest BCUT2D eigenvalue weighted by molar-refractivity contribution is -0.164. The first-order valence-corrected chi connectivity index (χ1v) is 24.7. The summed E-state index contributed by atoms with van der Waals surface area (Å²) in [5.41, 5.74) is 5.40. The van der Waals surface area contributed by atoms with Gasteiger partial charge in [-0.25, -0.2) is 4.98 Å². The van der Waals surface area contributed by atoms with Gasteiger partial charge in [0.15, 0.2) is 0 Å². The van der Waals surface area contributed by atoms with Crippen LogP contribution in [0.5, 0.6) is 5.75 Å². The number of carbonyl (C=O) groups excluding carboxylic acids is 4. The number of anilines is 1. The Morgan fingerprint density at radius 3 is 2.35 bits per heavy atom. The van der Waals surface area contributed by atoms with Crippen LogP contribution in [0.15, 0.2) is 72.2 Å². The molecule has 3 fully saturated rings. The molecule has 68 heavy (non-hydrogen) atoms. The third kappa shape index (κ3) is 11.7. The molecule has 7 rings (SSSR count). The highest BCUT2D eigenvalue weighted by atomic mass is 35.5. The van der Waals surface area contributed by atoms with E-state index in [0.29, 0.717) is 47.4 Å². The Hall–Kier alpha value is -5.53. The number of rotatable bonds is 19. The van der Waals surface area contributed by atoms with Crippen LogP contribution >= 0.6 is 22.9 Å². The second-order valence-electron chi connectivity index (χ2n) is 20.6. The zero-order valence-electron chi connectivity index (χ0n) is 40.0. The Kier molecular flexibility index (Phi) is 15.5. The predicted molar refractivity (Wildman–Crippen MR) is 263 cm³/mol. The highest BCUT2D eigenvalue weighted by molar-refractivity contribution is 7.13. The largest absolute Gasteiger partial charge is 0.489 e. The molecule has 1 saturated heterocycles.